The van der Waals surface area contributed by atoms with Crippen LogP contribution in [0.2, 0.25) is 0 Å². The van der Waals surface area contributed by atoms with Crippen molar-refractivity contribution in [3.05, 3.63) is 124 Å². The van der Waals surface area contributed by atoms with Gasteiger partial charge in [-0.1, -0.05) is 84.9 Å². The highest BCUT2D eigenvalue weighted by atomic mass is 16.5. The lowest BCUT2D eigenvalue weighted by molar-refractivity contribution is -0.144. The molecule has 0 aliphatic heterocycles. The molecule has 0 saturated carbocycles. The van der Waals surface area contributed by atoms with Gasteiger partial charge in [-0.3, -0.25) is 4.79 Å². The van der Waals surface area contributed by atoms with Gasteiger partial charge in [0.2, 0.25) is 0 Å². The van der Waals surface area contributed by atoms with E-state index in [1.165, 1.54) is 27.8 Å². The van der Waals surface area contributed by atoms with E-state index < -0.39 is 5.92 Å². The predicted octanol–water partition coefficient (Wildman–Crippen LogP) is 5.86. The van der Waals surface area contributed by atoms with Crippen LogP contribution in [0.1, 0.15) is 45.2 Å². The lowest BCUT2D eigenvalue weighted by atomic mass is 9.87. The number of benzene rings is 4. The molecule has 2 aliphatic carbocycles. The molecular formula is C30H25NO2. The first kappa shape index (κ1) is 19.8. The maximum absolute atomic E-state index is 13.7. The van der Waals surface area contributed by atoms with Gasteiger partial charge in [0.25, 0.3) is 0 Å². The Morgan fingerprint density at radius 2 is 1.33 bits per heavy atom. The Labute approximate surface area is 193 Å². The Hall–Kier alpha value is -3.85. The first-order valence-corrected chi connectivity index (χ1v) is 11.5. The van der Waals surface area contributed by atoms with Gasteiger partial charge in [0.1, 0.15) is 12.5 Å². The largest absolute Gasteiger partial charge is 0.464 e. The minimum Gasteiger partial charge on any atom is -0.464 e. The van der Waals surface area contributed by atoms with Gasteiger partial charge >= 0.3 is 5.97 Å². The molecule has 3 heteroatoms. The average Bonchev–Trinajstić information content (AvgIpc) is 3.05. The molecule has 0 radical (unpaired) electrons. The van der Waals surface area contributed by atoms with Crippen LogP contribution in [0.5, 0.6) is 0 Å². The van der Waals surface area contributed by atoms with Crippen molar-refractivity contribution in [1.82, 2.24) is 0 Å². The van der Waals surface area contributed by atoms with E-state index in [0.717, 1.165) is 35.2 Å². The number of ether oxygens (including phenoxy) is 1. The molecule has 2 N–H and O–H groups in total. The summed E-state index contributed by atoms with van der Waals surface area (Å²) in [6, 6.07) is 30.9. The molecule has 0 fully saturated rings. The molecule has 4 aromatic rings. The highest BCUT2D eigenvalue weighted by molar-refractivity contribution is 5.85. The third-order valence-corrected chi connectivity index (χ3v) is 7.16. The van der Waals surface area contributed by atoms with Crippen LogP contribution in [-0.4, -0.2) is 12.6 Å². The Bertz CT molecular complexity index is 1330. The summed E-state index contributed by atoms with van der Waals surface area (Å²) < 4.78 is 6.11. The van der Waals surface area contributed by atoms with Crippen LogP contribution in [0.25, 0.3) is 11.1 Å². The quantitative estimate of drug-likeness (QED) is 0.327. The normalized spacial score (nSPS) is 16.2. The minimum atomic E-state index is -0.464. The second kappa shape index (κ2) is 7.93. The maximum atomic E-state index is 13.7. The minimum absolute atomic E-state index is 0.0442. The van der Waals surface area contributed by atoms with Crippen LogP contribution in [0.15, 0.2) is 91.0 Å². The highest BCUT2D eigenvalue weighted by Crippen LogP contribution is 2.45. The molecule has 33 heavy (non-hydrogen) atoms. The van der Waals surface area contributed by atoms with E-state index in [9.17, 15) is 4.79 Å². The summed E-state index contributed by atoms with van der Waals surface area (Å²) in [5, 5.41) is 0. The summed E-state index contributed by atoms with van der Waals surface area (Å²) in [6.45, 7) is 0.323. The molecule has 0 aromatic heterocycles. The highest BCUT2D eigenvalue weighted by Gasteiger charge is 2.34. The predicted molar refractivity (Wildman–Crippen MR) is 131 cm³/mol. The lowest BCUT2D eigenvalue weighted by Gasteiger charge is -2.21. The van der Waals surface area contributed by atoms with Gasteiger partial charge in [0, 0.05) is 11.6 Å². The maximum Gasteiger partial charge on any atom is 0.317 e. The summed E-state index contributed by atoms with van der Waals surface area (Å²) in [4.78, 5) is 13.7. The lowest BCUT2D eigenvalue weighted by Crippen LogP contribution is -2.21. The van der Waals surface area contributed by atoms with Crippen LogP contribution in [0.3, 0.4) is 0 Å². The molecule has 0 saturated heterocycles. The van der Waals surface area contributed by atoms with Crippen molar-refractivity contribution < 1.29 is 9.53 Å². The molecular weight excluding hydrogens is 406 g/mol. The molecule has 0 bridgehead atoms. The standard InChI is InChI=1S/C30H25NO2/c31-28-15-7-14-26-25(28)17-16-19-8-1-2-9-20(19)29(26)30(32)33-18-27-23-12-5-3-10-21(23)22-11-4-6-13-24(22)27/h1-15,27,29H,16-18,31H2. The number of aryl methyl sites for hydroxylation is 1. The molecule has 3 nitrogen and oxygen atoms in total. The number of fused-ring (bicyclic) bond motifs is 5. The van der Waals surface area contributed by atoms with Gasteiger partial charge in [-0.25, -0.2) is 0 Å². The Morgan fingerprint density at radius 3 is 2.06 bits per heavy atom. The second-order valence-corrected chi connectivity index (χ2v) is 8.90. The zero-order valence-electron chi connectivity index (χ0n) is 18.3. The van der Waals surface area contributed by atoms with Crippen LogP contribution in [0, 0.1) is 0 Å². The first-order valence-electron chi connectivity index (χ1n) is 11.5. The van der Waals surface area contributed by atoms with Crippen molar-refractivity contribution >= 4 is 11.7 Å². The van der Waals surface area contributed by atoms with Crippen molar-refractivity contribution in [2.75, 3.05) is 12.3 Å². The molecule has 6 rings (SSSR count). The van der Waals surface area contributed by atoms with E-state index in [1.54, 1.807) is 0 Å². The number of rotatable bonds is 3. The number of nitrogens with two attached hydrogens (primary N) is 1. The van der Waals surface area contributed by atoms with E-state index >= 15 is 0 Å². The van der Waals surface area contributed by atoms with Crippen molar-refractivity contribution in [1.29, 1.82) is 0 Å². The van der Waals surface area contributed by atoms with Crippen molar-refractivity contribution in [3.8, 4) is 11.1 Å². The number of carbonyl (C=O) groups excluding carboxylic acids is 1. The van der Waals surface area contributed by atoms with Gasteiger partial charge in [0.05, 0.1) is 0 Å². The van der Waals surface area contributed by atoms with E-state index in [1.807, 2.05) is 30.3 Å². The number of nitrogen functional groups attached to an aromatic ring is 1. The number of hydrogen-bond acceptors (Lipinski definition) is 3. The molecule has 0 amide bonds. The SMILES string of the molecule is Nc1cccc2c1CCc1ccccc1C2C(=O)OCC1c2ccccc2-c2ccccc21. The molecule has 2 aliphatic rings. The Balaban J connectivity index is 1.36. The van der Waals surface area contributed by atoms with Gasteiger partial charge in [-0.05, 0) is 63.4 Å². The van der Waals surface area contributed by atoms with Gasteiger partial charge in [-0.2, -0.15) is 0 Å². The molecule has 162 valence electrons. The Morgan fingerprint density at radius 1 is 0.727 bits per heavy atom. The third-order valence-electron chi connectivity index (χ3n) is 7.16. The number of esters is 1. The summed E-state index contributed by atoms with van der Waals surface area (Å²) in [5.41, 5.74) is 16.2. The fourth-order valence-electron chi connectivity index (χ4n) is 5.60. The van der Waals surface area contributed by atoms with Gasteiger partial charge in [-0.15, -0.1) is 0 Å². The van der Waals surface area contributed by atoms with E-state index in [2.05, 4.69) is 60.7 Å². The number of carbonyl (C=O) groups is 1. The molecule has 1 unspecified atom stereocenters. The number of anilines is 1. The fraction of sp³-hybridized carbons (Fsp3) is 0.167. The summed E-state index contributed by atoms with van der Waals surface area (Å²) in [6.07, 6.45) is 1.69. The summed E-state index contributed by atoms with van der Waals surface area (Å²) >= 11 is 0. The van der Waals surface area contributed by atoms with Crippen LogP contribution >= 0.6 is 0 Å². The van der Waals surface area contributed by atoms with E-state index in [4.69, 9.17) is 10.5 Å². The van der Waals surface area contributed by atoms with E-state index in [-0.39, 0.29) is 11.9 Å². The van der Waals surface area contributed by atoms with Gasteiger partial charge in [0.15, 0.2) is 0 Å². The third kappa shape index (κ3) is 3.23. The molecule has 0 spiro atoms. The van der Waals surface area contributed by atoms with Crippen LogP contribution in [-0.2, 0) is 22.4 Å². The number of hydrogen-bond donors (Lipinski definition) is 1. The van der Waals surface area contributed by atoms with Crippen LogP contribution < -0.4 is 5.73 Å². The first-order chi connectivity index (χ1) is 16.2. The monoisotopic (exact) mass is 431 g/mol. The summed E-state index contributed by atoms with van der Waals surface area (Å²) in [7, 11) is 0. The smallest absolute Gasteiger partial charge is 0.317 e. The van der Waals surface area contributed by atoms with Crippen molar-refractivity contribution in [2.45, 2.75) is 24.7 Å². The van der Waals surface area contributed by atoms with Crippen molar-refractivity contribution in [2.24, 2.45) is 0 Å². The van der Waals surface area contributed by atoms with Crippen LogP contribution in [0.4, 0.5) is 5.69 Å². The molecule has 4 aromatic carbocycles. The fourth-order valence-corrected chi connectivity index (χ4v) is 5.60. The summed E-state index contributed by atoms with van der Waals surface area (Å²) in [5.74, 6) is -0.630. The topological polar surface area (TPSA) is 52.3 Å². The molecule has 1 atom stereocenters. The zero-order chi connectivity index (χ0) is 22.4. The zero-order valence-corrected chi connectivity index (χ0v) is 18.3. The molecule has 0 heterocycles. The second-order valence-electron chi connectivity index (χ2n) is 8.90. The average molecular weight is 432 g/mol. The van der Waals surface area contributed by atoms with Crippen molar-refractivity contribution in [3.63, 3.8) is 0 Å². The Kier molecular flexibility index (Phi) is 4.76. The van der Waals surface area contributed by atoms with E-state index in [0.29, 0.717) is 6.61 Å². The van der Waals surface area contributed by atoms with Gasteiger partial charge < -0.3 is 10.5 Å².